The van der Waals surface area contributed by atoms with Crippen molar-refractivity contribution in [2.75, 3.05) is 11.9 Å². The second-order valence-electron chi connectivity index (χ2n) is 7.28. The summed E-state index contributed by atoms with van der Waals surface area (Å²) >= 11 is 6.08. The molecule has 0 atom stereocenters. The Bertz CT molecular complexity index is 1460. The fourth-order valence-corrected chi connectivity index (χ4v) is 4.09. The van der Waals surface area contributed by atoms with E-state index in [2.05, 4.69) is 30.0 Å². The van der Waals surface area contributed by atoms with Crippen LogP contribution >= 0.6 is 11.6 Å². The zero-order valence-corrected chi connectivity index (χ0v) is 16.9. The molecule has 6 rings (SSSR count). The molecular formula is C22H15ClFN7. The van der Waals surface area contributed by atoms with E-state index in [9.17, 15) is 4.39 Å². The first-order chi connectivity index (χ1) is 15.2. The standard InChI is InChI=1S/C22H15ClFN7/c23-13-1-2-16(24)14(8-13)21-15(10-28-30-21)17-3-4-18-19(29-17)7-12(9-26-18)20-11-27-22-25-5-6-31(20)22/h1-4,7-11H,5-6H2,(H,25,27)(H,28,30). The average Bonchev–Trinajstić information content (AvgIpc) is 3.52. The molecule has 0 bridgehead atoms. The van der Waals surface area contributed by atoms with Crippen molar-refractivity contribution < 1.29 is 4.39 Å². The molecule has 0 amide bonds. The number of nitrogens with one attached hydrogen (secondary N) is 2. The van der Waals surface area contributed by atoms with Crippen LogP contribution in [0.1, 0.15) is 0 Å². The molecule has 152 valence electrons. The largest absolute Gasteiger partial charge is 0.354 e. The van der Waals surface area contributed by atoms with Crippen molar-refractivity contribution in [1.82, 2.24) is 29.7 Å². The van der Waals surface area contributed by atoms with E-state index in [0.717, 1.165) is 41.3 Å². The molecule has 5 aromatic rings. The molecule has 9 heteroatoms. The number of hydrogen-bond donors (Lipinski definition) is 2. The van der Waals surface area contributed by atoms with E-state index in [1.807, 2.05) is 30.6 Å². The molecule has 0 radical (unpaired) electrons. The van der Waals surface area contributed by atoms with Crippen molar-refractivity contribution in [3.63, 3.8) is 0 Å². The number of anilines is 1. The van der Waals surface area contributed by atoms with Crippen LogP contribution in [-0.2, 0) is 6.54 Å². The molecule has 7 nitrogen and oxygen atoms in total. The van der Waals surface area contributed by atoms with E-state index in [0.29, 0.717) is 27.5 Å². The molecule has 0 saturated carbocycles. The van der Waals surface area contributed by atoms with Crippen LogP contribution in [0.2, 0.25) is 5.02 Å². The van der Waals surface area contributed by atoms with Crippen molar-refractivity contribution in [1.29, 1.82) is 0 Å². The van der Waals surface area contributed by atoms with Gasteiger partial charge in [-0.05, 0) is 36.4 Å². The first kappa shape index (κ1) is 18.0. The van der Waals surface area contributed by atoms with Gasteiger partial charge < -0.3 is 9.88 Å². The van der Waals surface area contributed by atoms with Gasteiger partial charge in [-0.25, -0.2) is 14.4 Å². The number of benzene rings is 1. The van der Waals surface area contributed by atoms with Crippen molar-refractivity contribution in [3.8, 4) is 33.8 Å². The Morgan fingerprint density at radius 2 is 1.94 bits per heavy atom. The monoisotopic (exact) mass is 431 g/mol. The van der Waals surface area contributed by atoms with Gasteiger partial charge in [0.1, 0.15) is 11.5 Å². The minimum Gasteiger partial charge on any atom is -0.354 e. The topological polar surface area (TPSA) is 84.3 Å². The Morgan fingerprint density at radius 1 is 1.00 bits per heavy atom. The van der Waals surface area contributed by atoms with Gasteiger partial charge in [0.25, 0.3) is 0 Å². The zero-order chi connectivity index (χ0) is 20.9. The SMILES string of the molecule is Fc1ccc(Cl)cc1-c1n[nH]cc1-c1ccc2ncc(-c3cnc4n3CCN4)cc2n1. The summed E-state index contributed by atoms with van der Waals surface area (Å²) in [5, 5.41) is 10.8. The molecule has 31 heavy (non-hydrogen) atoms. The third kappa shape index (κ3) is 2.95. The maximum absolute atomic E-state index is 14.4. The summed E-state index contributed by atoms with van der Waals surface area (Å²) in [5.74, 6) is 0.467. The van der Waals surface area contributed by atoms with Crippen LogP contribution in [0.25, 0.3) is 44.8 Å². The van der Waals surface area contributed by atoms with E-state index in [-0.39, 0.29) is 0 Å². The number of aromatic nitrogens is 6. The summed E-state index contributed by atoms with van der Waals surface area (Å²) in [6.07, 6.45) is 5.37. The summed E-state index contributed by atoms with van der Waals surface area (Å²) in [5.41, 5.74) is 5.55. The van der Waals surface area contributed by atoms with Crippen LogP contribution in [0, 0.1) is 5.82 Å². The second kappa shape index (κ2) is 6.88. The number of nitrogens with zero attached hydrogens (tertiary/aromatic N) is 5. The molecule has 0 saturated heterocycles. The van der Waals surface area contributed by atoms with Crippen LogP contribution in [-0.4, -0.2) is 36.3 Å². The maximum Gasteiger partial charge on any atom is 0.203 e. The molecule has 0 spiro atoms. The lowest BCUT2D eigenvalue weighted by Gasteiger charge is -2.07. The van der Waals surface area contributed by atoms with Gasteiger partial charge in [0.15, 0.2) is 0 Å². The fraction of sp³-hybridized carbons (Fsp3) is 0.0909. The zero-order valence-electron chi connectivity index (χ0n) is 16.1. The number of aromatic amines is 1. The van der Waals surface area contributed by atoms with E-state index in [1.54, 1.807) is 12.3 Å². The smallest absolute Gasteiger partial charge is 0.203 e. The van der Waals surface area contributed by atoms with Crippen molar-refractivity contribution >= 4 is 28.6 Å². The Morgan fingerprint density at radius 3 is 2.87 bits per heavy atom. The van der Waals surface area contributed by atoms with Crippen LogP contribution in [0.4, 0.5) is 10.3 Å². The third-order valence-electron chi connectivity index (χ3n) is 5.41. The number of hydrogen-bond acceptors (Lipinski definition) is 5. The lowest BCUT2D eigenvalue weighted by atomic mass is 10.0. The van der Waals surface area contributed by atoms with Gasteiger partial charge in [-0.2, -0.15) is 5.10 Å². The molecular weight excluding hydrogens is 417 g/mol. The minimum atomic E-state index is -0.398. The molecule has 1 aliphatic rings. The highest BCUT2D eigenvalue weighted by molar-refractivity contribution is 6.30. The van der Waals surface area contributed by atoms with Gasteiger partial charge in [-0.15, -0.1) is 0 Å². The van der Waals surface area contributed by atoms with Gasteiger partial charge in [-0.3, -0.25) is 10.1 Å². The quantitative estimate of drug-likeness (QED) is 0.430. The Balaban J connectivity index is 1.46. The predicted molar refractivity (Wildman–Crippen MR) is 117 cm³/mol. The minimum absolute atomic E-state index is 0.319. The van der Waals surface area contributed by atoms with E-state index in [4.69, 9.17) is 16.6 Å². The lowest BCUT2D eigenvalue weighted by molar-refractivity contribution is 0.630. The van der Waals surface area contributed by atoms with Crippen LogP contribution in [0.3, 0.4) is 0 Å². The highest BCUT2D eigenvalue weighted by Crippen LogP contribution is 2.33. The molecule has 0 aliphatic carbocycles. The summed E-state index contributed by atoms with van der Waals surface area (Å²) in [6, 6.07) is 10.1. The van der Waals surface area contributed by atoms with Gasteiger partial charge in [0, 0.05) is 47.2 Å². The van der Waals surface area contributed by atoms with Crippen molar-refractivity contribution in [2.24, 2.45) is 0 Å². The highest BCUT2D eigenvalue weighted by atomic mass is 35.5. The third-order valence-corrected chi connectivity index (χ3v) is 5.64. The maximum atomic E-state index is 14.4. The summed E-state index contributed by atoms with van der Waals surface area (Å²) in [6.45, 7) is 1.72. The van der Waals surface area contributed by atoms with Crippen molar-refractivity contribution in [3.05, 3.63) is 65.8 Å². The summed E-state index contributed by atoms with van der Waals surface area (Å²) in [7, 11) is 0. The van der Waals surface area contributed by atoms with Gasteiger partial charge >= 0.3 is 0 Å². The molecule has 5 heterocycles. The van der Waals surface area contributed by atoms with E-state index >= 15 is 0 Å². The molecule has 2 N–H and O–H groups in total. The van der Waals surface area contributed by atoms with Crippen LogP contribution < -0.4 is 5.32 Å². The Labute approximate surface area is 181 Å². The number of fused-ring (bicyclic) bond motifs is 2. The number of imidazole rings is 1. The van der Waals surface area contributed by atoms with Gasteiger partial charge in [0.2, 0.25) is 5.95 Å². The molecule has 4 aromatic heterocycles. The second-order valence-corrected chi connectivity index (χ2v) is 7.71. The number of H-pyrrole nitrogens is 1. The predicted octanol–water partition coefficient (Wildman–Crippen LogP) is 4.77. The average molecular weight is 432 g/mol. The number of rotatable bonds is 3. The molecule has 0 unspecified atom stereocenters. The summed E-state index contributed by atoms with van der Waals surface area (Å²) in [4.78, 5) is 13.8. The Kier molecular flexibility index (Phi) is 4.00. The van der Waals surface area contributed by atoms with Crippen LogP contribution in [0.15, 0.2) is 55.0 Å². The highest BCUT2D eigenvalue weighted by Gasteiger charge is 2.18. The van der Waals surface area contributed by atoms with Crippen LogP contribution in [0.5, 0.6) is 0 Å². The van der Waals surface area contributed by atoms with Gasteiger partial charge in [0.05, 0.1) is 28.6 Å². The Hall–Kier alpha value is -3.78. The summed E-state index contributed by atoms with van der Waals surface area (Å²) < 4.78 is 16.6. The fourth-order valence-electron chi connectivity index (χ4n) is 3.92. The number of halogens is 2. The normalized spacial score (nSPS) is 12.8. The first-order valence-corrected chi connectivity index (χ1v) is 10.1. The first-order valence-electron chi connectivity index (χ1n) is 9.73. The van der Waals surface area contributed by atoms with E-state index < -0.39 is 5.82 Å². The number of pyridine rings is 2. The van der Waals surface area contributed by atoms with E-state index in [1.165, 1.54) is 12.1 Å². The molecule has 1 aliphatic heterocycles. The molecule has 0 fully saturated rings. The lowest BCUT2D eigenvalue weighted by Crippen LogP contribution is -1.97. The molecule has 1 aromatic carbocycles. The van der Waals surface area contributed by atoms with Gasteiger partial charge in [-0.1, -0.05) is 11.6 Å². The van der Waals surface area contributed by atoms with Crippen molar-refractivity contribution in [2.45, 2.75) is 6.54 Å².